The number of thiazole rings is 1. The first kappa shape index (κ1) is 14.7. The minimum atomic E-state index is -0.369. The van der Waals surface area contributed by atoms with E-state index in [1.54, 1.807) is 24.0 Å². The SMILES string of the molecule is CCN(C(=O)c1ccc(C)c(F)c1)c1nc2ccccc2s1. The van der Waals surface area contributed by atoms with Crippen molar-refractivity contribution in [3.8, 4) is 0 Å². The molecule has 112 valence electrons. The zero-order valence-corrected chi connectivity index (χ0v) is 13.2. The van der Waals surface area contributed by atoms with Crippen molar-refractivity contribution in [1.82, 2.24) is 4.98 Å². The van der Waals surface area contributed by atoms with E-state index in [0.29, 0.717) is 22.8 Å². The van der Waals surface area contributed by atoms with Crippen LogP contribution in [-0.4, -0.2) is 17.4 Å². The Morgan fingerprint density at radius 2 is 2.05 bits per heavy atom. The van der Waals surface area contributed by atoms with Crippen LogP contribution in [0.1, 0.15) is 22.8 Å². The quantitative estimate of drug-likeness (QED) is 0.717. The Bertz CT molecular complexity index is 811. The summed E-state index contributed by atoms with van der Waals surface area (Å²) in [6.07, 6.45) is 0. The molecule has 0 aliphatic carbocycles. The molecule has 1 amide bonds. The Morgan fingerprint density at radius 3 is 2.73 bits per heavy atom. The summed E-state index contributed by atoms with van der Waals surface area (Å²) < 4.78 is 14.7. The first-order chi connectivity index (χ1) is 10.6. The molecule has 0 aliphatic rings. The summed E-state index contributed by atoms with van der Waals surface area (Å²) in [4.78, 5) is 18.7. The van der Waals surface area contributed by atoms with Crippen LogP contribution >= 0.6 is 11.3 Å². The summed E-state index contributed by atoms with van der Waals surface area (Å²) in [6.45, 7) is 4.04. The van der Waals surface area contributed by atoms with Crippen LogP contribution in [0.4, 0.5) is 9.52 Å². The Kier molecular flexibility index (Phi) is 3.90. The summed E-state index contributed by atoms with van der Waals surface area (Å²) in [5.41, 5.74) is 1.73. The number of aryl methyl sites for hydroxylation is 1. The van der Waals surface area contributed by atoms with Crippen LogP contribution in [0.5, 0.6) is 0 Å². The van der Waals surface area contributed by atoms with Crippen LogP contribution in [0.25, 0.3) is 10.2 Å². The molecule has 3 aromatic rings. The Hall–Kier alpha value is -2.27. The zero-order valence-electron chi connectivity index (χ0n) is 12.3. The van der Waals surface area contributed by atoms with Crippen molar-refractivity contribution in [2.24, 2.45) is 0 Å². The van der Waals surface area contributed by atoms with Crippen molar-refractivity contribution in [1.29, 1.82) is 0 Å². The molecule has 0 saturated heterocycles. The lowest BCUT2D eigenvalue weighted by Crippen LogP contribution is -2.30. The smallest absolute Gasteiger partial charge is 0.260 e. The molecule has 5 heteroatoms. The second-order valence-corrected chi connectivity index (χ2v) is 5.99. The average Bonchev–Trinajstić information content (AvgIpc) is 2.94. The van der Waals surface area contributed by atoms with Gasteiger partial charge in [-0.05, 0) is 43.7 Å². The minimum Gasteiger partial charge on any atom is -0.284 e. The van der Waals surface area contributed by atoms with Gasteiger partial charge in [0, 0.05) is 12.1 Å². The van der Waals surface area contributed by atoms with E-state index in [1.807, 2.05) is 31.2 Å². The van der Waals surface area contributed by atoms with Gasteiger partial charge in [0.25, 0.3) is 5.91 Å². The largest absolute Gasteiger partial charge is 0.284 e. The molecule has 0 radical (unpaired) electrons. The molecule has 1 aromatic heterocycles. The molecule has 2 aromatic carbocycles. The van der Waals surface area contributed by atoms with E-state index >= 15 is 0 Å². The zero-order chi connectivity index (χ0) is 15.7. The standard InChI is InChI=1S/C17H15FN2OS/c1-3-20(16(21)12-9-8-11(2)13(18)10-12)17-19-14-6-4-5-7-15(14)22-17/h4-10H,3H2,1-2H3. The fourth-order valence-electron chi connectivity index (χ4n) is 2.22. The lowest BCUT2D eigenvalue weighted by Gasteiger charge is -2.17. The Labute approximate surface area is 132 Å². The van der Waals surface area contributed by atoms with Gasteiger partial charge in [0.1, 0.15) is 5.82 Å². The maximum Gasteiger partial charge on any atom is 0.260 e. The van der Waals surface area contributed by atoms with Crippen molar-refractivity contribution in [2.45, 2.75) is 13.8 Å². The highest BCUT2D eigenvalue weighted by molar-refractivity contribution is 7.22. The van der Waals surface area contributed by atoms with Crippen molar-refractivity contribution < 1.29 is 9.18 Å². The molecule has 0 atom stereocenters. The Morgan fingerprint density at radius 1 is 1.27 bits per heavy atom. The molecule has 1 heterocycles. The van der Waals surface area contributed by atoms with Gasteiger partial charge in [-0.15, -0.1) is 0 Å². The van der Waals surface area contributed by atoms with E-state index in [1.165, 1.54) is 17.4 Å². The predicted molar refractivity (Wildman–Crippen MR) is 88.1 cm³/mol. The fourth-order valence-corrected chi connectivity index (χ4v) is 3.25. The van der Waals surface area contributed by atoms with E-state index in [0.717, 1.165) is 10.2 Å². The molecule has 22 heavy (non-hydrogen) atoms. The molecule has 0 spiro atoms. The number of para-hydroxylation sites is 1. The molecular weight excluding hydrogens is 299 g/mol. The van der Waals surface area contributed by atoms with Crippen LogP contribution in [0.3, 0.4) is 0 Å². The Balaban J connectivity index is 1.99. The number of carbonyl (C=O) groups is 1. The molecule has 0 N–H and O–H groups in total. The normalized spacial score (nSPS) is 10.9. The number of carbonyl (C=O) groups excluding carboxylic acids is 1. The van der Waals surface area contributed by atoms with Gasteiger partial charge < -0.3 is 0 Å². The van der Waals surface area contributed by atoms with Gasteiger partial charge >= 0.3 is 0 Å². The van der Waals surface area contributed by atoms with Gasteiger partial charge in [-0.25, -0.2) is 9.37 Å². The van der Waals surface area contributed by atoms with Gasteiger partial charge in [-0.2, -0.15) is 0 Å². The summed E-state index contributed by atoms with van der Waals surface area (Å²) in [5, 5.41) is 0.634. The van der Waals surface area contributed by atoms with Crippen LogP contribution in [0, 0.1) is 12.7 Å². The fraction of sp³-hybridized carbons (Fsp3) is 0.176. The van der Waals surface area contributed by atoms with E-state index in [-0.39, 0.29) is 11.7 Å². The highest BCUT2D eigenvalue weighted by Gasteiger charge is 2.20. The van der Waals surface area contributed by atoms with Gasteiger partial charge in [0.15, 0.2) is 5.13 Å². The van der Waals surface area contributed by atoms with Crippen LogP contribution < -0.4 is 4.90 Å². The molecular formula is C17H15FN2OS. The van der Waals surface area contributed by atoms with Crippen molar-refractivity contribution in [2.75, 3.05) is 11.4 Å². The van der Waals surface area contributed by atoms with Gasteiger partial charge in [0.2, 0.25) is 0 Å². The van der Waals surface area contributed by atoms with Gasteiger partial charge in [-0.3, -0.25) is 9.69 Å². The molecule has 3 rings (SSSR count). The molecule has 0 fully saturated rings. The topological polar surface area (TPSA) is 33.2 Å². The van der Waals surface area contributed by atoms with Crippen molar-refractivity contribution in [3.63, 3.8) is 0 Å². The van der Waals surface area contributed by atoms with E-state index < -0.39 is 0 Å². The summed E-state index contributed by atoms with van der Waals surface area (Å²) in [6, 6.07) is 12.3. The summed E-state index contributed by atoms with van der Waals surface area (Å²) in [7, 11) is 0. The van der Waals surface area contributed by atoms with Gasteiger partial charge in [0.05, 0.1) is 10.2 Å². The van der Waals surface area contributed by atoms with Crippen molar-refractivity contribution >= 4 is 32.6 Å². The number of hydrogen-bond acceptors (Lipinski definition) is 3. The number of benzene rings is 2. The van der Waals surface area contributed by atoms with E-state index in [9.17, 15) is 9.18 Å². The molecule has 3 nitrogen and oxygen atoms in total. The van der Waals surface area contributed by atoms with E-state index in [2.05, 4.69) is 4.98 Å². The minimum absolute atomic E-state index is 0.236. The number of hydrogen-bond donors (Lipinski definition) is 0. The number of fused-ring (bicyclic) bond motifs is 1. The molecule has 0 saturated carbocycles. The third-order valence-electron chi connectivity index (χ3n) is 3.49. The number of halogens is 1. The average molecular weight is 314 g/mol. The van der Waals surface area contributed by atoms with Gasteiger partial charge in [-0.1, -0.05) is 29.5 Å². The number of anilines is 1. The first-order valence-corrected chi connectivity index (χ1v) is 7.85. The van der Waals surface area contributed by atoms with E-state index in [4.69, 9.17) is 0 Å². The predicted octanol–water partition coefficient (Wildman–Crippen LogP) is 4.41. The first-order valence-electron chi connectivity index (χ1n) is 7.03. The highest BCUT2D eigenvalue weighted by atomic mass is 32.1. The highest BCUT2D eigenvalue weighted by Crippen LogP contribution is 2.29. The summed E-state index contributed by atoms with van der Waals surface area (Å²) in [5.74, 6) is -0.605. The second kappa shape index (κ2) is 5.85. The number of amides is 1. The number of aromatic nitrogens is 1. The third kappa shape index (κ3) is 2.60. The summed E-state index contributed by atoms with van der Waals surface area (Å²) >= 11 is 1.46. The second-order valence-electron chi connectivity index (χ2n) is 4.98. The lowest BCUT2D eigenvalue weighted by atomic mass is 10.1. The van der Waals surface area contributed by atoms with Crippen LogP contribution in [-0.2, 0) is 0 Å². The maximum absolute atomic E-state index is 13.7. The van der Waals surface area contributed by atoms with Crippen molar-refractivity contribution in [3.05, 3.63) is 59.4 Å². The number of rotatable bonds is 3. The lowest BCUT2D eigenvalue weighted by molar-refractivity contribution is 0.0988. The maximum atomic E-state index is 13.7. The number of nitrogens with zero attached hydrogens (tertiary/aromatic N) is 2. The third-order valence-corrected chi connectivity index (χ3v) is 4.55. The van der Waals surface area contributed by atoms with Crippen LogP contribution in [0.2, 0.25) is 0 Å². The van der Waals surface area contributed by atoms with Crippen LogP contribution in [0.15, 0.2) is 42.5 Å². The monoisotopic (exact) mass is 314 g/mol. The molecule has 0 bridgehead atoms. The molecule has 0 aliphatic heterocycles. The molecule has 0 unspecified atom stereocenters.